The predicted octanol–water partition coefficient (Wildman–Crippen LogP) is 3.72. The first-order valence-corrected chi connectivity index (χ1v) is 21.1. The van der Waals surface area contributed by atoms with E-state index in [2.05, 4.69) is 42.5 Å². The highest BCUT2D eigenvalue weighted by Gasteiger charge is 2.16. The van der Waals surface area contributed by atoms with Crippen LogP contribution in [0.2, 0.25) is 0 Å². The molecular weight excluding hydrogens is 801 g/mol. The number of carbonyl (C=O) groups excluding carboxylic acids is 2. The third-order valence-corrected chi connectivity index (χ3v) is 10.1. The van der Waals surface area contributed by atoms with Crippen molar-refractivity contribution in [1.82, 2.24) is 29.2 Å². The van der Waals surface area contributed by atoms with E-state index in [9.17, 15) is 19.2 Å². The molecule has 0 aliphatic carbocycles. The molecule has 0 bridgehead atoms. The molecule has 2 aromatic heterocycles. The average molecular weight is 857 g/mol. The Kier molecular flexibility index (Phi) is 17.2. The quantitative estimate of drug-likeness (QED) is 0.0859. The Balaban J connectivity index is 0.976. The largest absolute Gasteiger partial charge is 0.494 e. The third kappa shape index (κ3) is 14.1. The van der Waals surface area contributed by atoms with E-state index in [1.807, 2.05) is 36.4 Å². The van der Waals surface area contributed by atoms with E-state index < -0.39 is 23.1 Å². The Labute approximate surface area is 360 Å². The van der Waals surface area contributed by atoms with E-state index in [1.54, 1.807) is 0 Å². The molecule has 0 atom stereocenters. The molecule has 2 saturated heterocycles. The first-order valence-electron chi connectivity index (χ1n) is 21.1. The van der Waals surface area contributed by atoms with Crippen molar-refractivity contribution in [1.29, 1.82) is 0 Å². The molecule has 18 heteroatoms. The Morgan fingerprint density at radius 3 is 1.45 bits per heavy atom. The first kappa shape index (κ1) is 45.1. The van der Waals surface area contributed by atoms with E-state index in [4.69, 9.17) is 28.6 Å². The molecule has 2 aliphatic rings. The van der Waals surface area contributed by atoms with Crippen LogP contribution in [0.4, 0.5) is 11.9 Å². The first-order chi connectivity index (χ1) is 30.3. The molecule has 0 radical (unpaired) electrons. The summed E-state index contributed by atoms with van der Waals surface area (Å²) in [6.45, 7) is 7.61. The summed E-state index contributed by atoms with van der Waals surface area (Å²) in [5.74, 6) is -0.972. The number of piperidine rings is 2. The van der Waals surface area contributed by atoms with Crippen LogP contribution < -0.4 is 50.4 Å². The topological polar surface area (TPSA) is 190 Å². The molecule has 0 saturated carbocycles. The van der Waals surface area contributed by atoms with Crippen molar-refractivity contribution >= 4 is 23.8 Å². The average Bonchev–Trinajstić information content (AvgIpc) is 3.28. The number of rotatable bonds is 22. The van der Waals surface area contributed by atoms with Gasteiger partial charge in [0.05, 0.1) is 39.8 Å². The van der Waals surface area contributed by atoms with Gasteiger partial charge in [-0.25, -0.2) is 9.59 Å². The Morgan fingerprint density at radius 1 is 0.629 bits per heavy atom. The van der Waals surface area contributed by atoms with Crippen LogP contribution in [0.5, 0.6) is 23.0 Å². The van der Waals surface area contributed by atoms with Crippen LogP contribution in [-0.2, 0) is 22.7 Å². The smallest absolute Gasteiger partial charge is 0.356 e. The SMILES string of the molecule is COc1cn(OC(=O)/C=C\C(=O)On2cc(OC)c(=O)nc2NCCCOc2cccc(CN3CCCCC3)c2)c(NCCCOc2cccc(CN3CCCCC3)c2)nc1=O. The molecule has 62 heavy (non-hydrogen) atoms. The molecule has 4 aromatic rings. The standard InChI is InChI=1S/C44H56N8O10/c1-57-37-31-51(43(47-41(37)55)45-19-11-25-59-35-15-9-13-33(27-35)29-49-21-5-3-6-22-49)61-39(53)17-18-40(54)62-52-32-38(58-2)42(56)48-44(52)46-20-12-26-60-36-16-10-14-34(28-36)30-50-23-7-4-8-24-50/h9-10,13-18,27-28,31-32H,3-8,11-12,19-26,29-30H2,1-2H3,(H,45,47,55)(H,46,48,56)/b18-17-. The number of methoxy groups -OCH3 is 2. The molecule has 2 aliphatic heterocycles. The molecule has 2 fully saturated rings. The van der Waals surface area contributed by atoms with Crippen molar-refractivity contribution in [2.75, 3.05) is 77.3 Å². The van der Waals surface area contributed by atoms with E-state index in [-0.39, 0.29) is 23.4 Å². The number of hydrogen-bond donors (Lipinski definition) is 2. The number of nitrogens with one attached hydrogen (secondary N) is 2. The zero-order valence-corrected chi connectivity index (χ0v) is 35.4. The Bertz CT molecular complexity index is 2080. The van der Waals surface area contributed by atoms with Crippen molar-refractivity contribution in [2.24, 2.45) is 0 Å². The third-order valence-electron chi connectivity index (χ3n) is 10.1. The fourth-order valence-electron chi connectivity index (χ4n) is 7.04. The van der Waals surface area contributed by atoms with Crippen molar-refractivity contribution in [3.63, 3.8) is 0 Å². The van der Waals surface area contributed by atoms with Crippen LogP contribution in [-0.4, -0.2) is 108 Å². The maximum Gasteiger partial charge on any atom is 0.356 e. The van der Waals surface area contributed by atoms with Crippen molar-refractivity contribution in [3.8, 4) is 23.0 Å². The lowest BCUT2D eigenvalue weighted by atomic mass is 10.1. The summed E-state index contributed by atoms with van der Waals surface area (Å²) in [7, 11) is 2.56. The highest BCUT2D eigenvalue weighted by atomic mass is 16.7. The van der Waals surface area contributed by atoms with E-state index in [0.717, 1.165) is 84.8 Å². The summed E-state index contributed by atoms with van der Waals surface area (Å²) in [5.41, 5.74) is 1.03. The highest BCUT2D eigenvalue weighted by Crippen LogP contribution is 2.20. The Morgan fingerprint density at radius 2 is 1.05 bits per heavy atom. The van der Waals surface area contributed by atoms with Crippen molar-refractivity contribution in [2.45, 2.75) is 64.5 Å². The van der Waals surface area contributed by atoms with Crippen LogP contribution in [0.3, 0.4) is 0 Å². The minimum Gasteiger partial charge on any atom is -0.494 e. The molecule has 6 rings (SSSR count). The van der Waals surface area contributed by atoms with Gasteiger partial charge < -0.3 is 39.3 Å². The fourth-order valence-corrected chi connectivity index (χ4v) is 7.04. The lowest BCUT2D eigenvalue weighted by molar-refractivity contribution is -0.141. The van der Waals surface area contributed by atoms with Crippen LogP contribution in [0.15, 0.2) is 82.7 Å². The van der Waals surface area contributed by atoms with E-state index >= 15 is 0 Å². The fraction of sp³-hybridized carbons (Fsp3) is 0.455. The number of hydrogen-bond acceptors (Lipinski definition) is 16. The lowest BCUT2D eigenvalue weighted by Crippen LogP contribution is -2.29. The lowest BCUT2D eigenvalue weighted by Gasteiger charge is -2.26. The van der Waals surface area contributed by atoms with Crippen LogP contribution in [0, 0.1) is 0 Å². The molecule has 2 aromatic carbocycles. The van der Waals surface area contributed by atoms with Gasteiger partial charge in [0.1, 0.15) is 11.5 Å². The molecule has 0 amide bonds. The molecule has 0 unspecified atom stereocenters. The van der Waals surface area contributed by atoms with Gasteiger partial charge in [-0.3, -0.25) is 19.4 Å². The van der Waals surface area contributed by atoms with Gasteiger partial charge in [-0.1, -0.05) is 37.1 Å². The van der Waals surface area contributed by atoms with Gasteiger partial charge in [-0.15, -0.1) is 9.46 Å². The van der Waals surface area contributed by atoms with Crippen molar-refractivity contribution in [3.05, 3.63) is 105 Å². The number of benzene rings is 2. The maximum atomic E-state index is 12.9. The zero-order chi connectivity index (χ0) is 43.5. The molecule has 332 valence electrons. The van der Waals surface area contributed by atoms with Gasteiger partial charge in [0.25, 0.3) is 0 Å². The summed E-state index contributed by atoms with van der Waals surface area (Å²) < 4.78 is 24.0. The van der Waals surface area contributed by atoms with Crippen molar-refractivity contribution < 1.29 is 38.2 Å². The second-order valence-corrected chi connectivity index (χ2v) is 14.9. The summed E-state index contributed by atoms with van der Waals surface area (Å²) in [6.07, 6.45) is 12.5. The molecule has 18 nitrogen and oxygen atoms in total. The zero-order valence-electron chi connectivity index (χ0n) is 35.4. The number of ether oxygens (including phenoxy) is 4. The van der Waals surface area contributed by atoms with Gasteiger partial charge in [0, 0.05) is 38.3 Å². The number of carbonyl (C=O) groups is 2. The predicted molar refractivity (Wildman–Crippen MR) is 231 cm³/mol. The second-order valence-electron chi connectivity index (χ2n) is 14.9. The van der Waals surface area contributed by atoms with Crippen LogP contribution in [0.1, 0.15) is 62.5 Å². The Hall–Kier alpha value is -6.40. The summed E-state index contributed by atoms with van der Waals surface area (Å²) >= 11 is 0. The van der Waals surface area contributed by atoms with Gasteiger partial charge in [0.2, 0.25) is 23.4 Å². The highest BCUT2D eigenvalue weighted by molar-refractivity contribution is 5.92. The summed E-state index contributed by atoms with van der Waals surface area (Å²) in [4.78, 5) is 74.3. The van der Waals surface area contributed by atoms with Crippen LogP contribution in [0.25, 0.3) is 0 Å². The van der Waals surface area contributed by atoms with Gasteiger partial charge >= 0.3 is 23.1 Å². The van der Waals surface area contributed by atoms with Crippen LogP contribution >= 0.6 is 0 Å². The maximum absolute atomic E-state index is 12.9. The van der Waals surface area contributed by atoms with Gasteiger partial charge in [0.15, 0.2) is 0 Å². The van der Waals surface area contributed by atoms with E-state index in [0.29, 0.717) is 39.1 Å². The second kappa shape index (κ2) is 23.6. The monoisotopic (exact) mass is 856 g/mol. The molecule has 4 heterocycles. The molecular formula is C44H56N8O10. The van der Waals surface area contributed by atoms with Gasteiger partial charge in [-0.05, 0) is 100 Å². The number of aromatic nitrogens is 4. The normalized spacial score (nSPS) is 14.5. The summed E-state index contributed by atoms with van der Waals surface area (Å²) in [6, 6.07) is 16.1. The van der Waals surface area contributed by atoms with Gasteiger partial charge in [-0.2, -0.15) is 9.97 Å². The number of nitrogens with zero attached hydrogens (tertiary/aromatic N) is 6. The molecule has 2 N–H and O–H groups in total. The minimum atomic E-state index is -1.00. The minimum absolute atomic E-state index is 0.0717. The summed E-state index contributed by atoms with van der Waals surface area (Å²) in [5, 5.41) is 5.97. The van der Waals surface area contributed by atoms with E-state index in [1.165, 1.54) is 63.9 Å². The molecule has 0 spiro atoms. The number of anilines is 2. The number of likely N-dealkylation sites (tertiary alicyclic amines) is 2.